The maximum absolute atomic E-state index is 12.1. The van der Waals surface area contributed by atoms with E-state index in [4.69, 9.17) is 0 Å². The molecule has 0 aromatic heterocycles. The fourth-order valence-corrected chi connectivity index (χ4v) is 1.15. The van der Waals surface area contributed by atoms with Gasteiger partial charge in [0.25, 0.3) is 6.10 Å². The van der Waals surface area contributed by atoms with Crippen molar-refractivity contribution in [2.75, 3.05) is 0 Å². The summed E-state index contributed by atoms with van der Waals surface area (Å²) in [7, 11) is 0. The van der Waals surface area contributed by atoms with Crippen LogP contribution in [0.2, 0.25) is 0 Å². The summed E-state index contributed by atoms with van der Waals surface area (Å²) in [6.45, 7) is 2.96. The van der Waals surface area contributed by atoms with Gasteiger partial charge in [0, 0.05) is 0 Å². The van der Waals surface area contributed by atoms with Gasteiger partial charge in [-0.3, -0.25) is 4.79 Å². The van der Waals surface area contributed by atoms with Crippen LogP contribution in [0, 0.1) is 5.92 Å². The van der Waals surface area contributed by atoms with E-state index in [9.17, 15) is 31.1 Å². The molecule has 0 aliphatic carbocycles. The summed E-state index contributed by atoms with van der Waals surface area (Å²) in [4.78, 5) is 11.1. The number of carbonyl (C=O) groups excluding carboxylic acids is 1. The Labute approximate surface area is 93.9 Å². The van der Waals surface area contributed by atoms with Crippen LogP contribution in [-0.4, -0.2) is 24.4 Å². The summed E-state index contributed by atoms with van der Waals surface area (Å²) in [5.74, 6) is -2.43. The highest BCUT2D eigenvalue weighted by Gasteiger charge is 2.60. The number of hydrogen-bond donors (Lipinski definition) is 0. The standard InChI is InChI=1S/C9H12F6O2/c1-3-5(4-2)6(16)17-7(8(10,11)12)9(13,14)15/h5,7H,3-4H2,1-2H3. The molecule has 0 radical (unpaired) electrons. The topological polar surface area (TPSA) is 26.3 Å². The lowest BCUT2D eigenvalue weighted by atomic mass is 10.0. The Balaban J connectivity index is 4.85. The molecule has 0 saturated carbocycles. The first kappa shape index (κ1) is 16.1. The van der Waals surface area contributed by atoms with Gasteiger partial charge < -0.3 is 4.74 Å². The average molecular weight is 266 g/mol. The van der Waals surface area contributed by atoms with E-state index in [0.717, 1.165) is 0 Å². The summed E-state index contributed by atoms with van der Waals surface area (Å²) >= 11 is 0. The molecule has 17 heavy (non-hydrogen) atoms. The zero-order valence-corrected chi connectivity index (χ0v) is 9.15. The molecule has 0 atom stereocenters. The summed E-state index contributed by atoms with van der Waals surface area (Å²) in [6.07, 6.45) is -15.1. The molecule has 102 valence electrons. The van der Waals surface area contributed by atoms with Crippen LogP contribution in [-0.2, 0) is 9.53 Å². The van der Waals surface area contributed by atoms with E-state index < -0.39 is 30.3 Å². The molecule has 0 aliphatic heterocycles. The van der Waals surface area contributed by atoms with E-state index in [1.54, 1.807) is 0 Å². The molecular weight excluding hydrogens is 254 g/mol. The predicted molar refractivity (Wildman–Crippen MR) is 46.1 cm³/mol. The van der Waals surface area contributed by atoms with Crippen molar-refractivity contribution in [2.45, 2.75) is 45.1 Å². The van der Waals surface area contributed by atoms with Gasteiger partial charge in [0.1, 0.15) is 0 Å². The molecular formula is C9H12F6O2. The molecule has 0 saturated heterocycles. The monoisotopic (exact) mass is 266 g/mol. The van der Waals surface area contributed by atoms with Crippen molar-refractivity contribution in [3.8, 4) is 0 Å². The van der Waals surface area contributed by atoms with E-state index in [0.29, 0.717) is 0 Å². The van der Waals surface area contributed by atoms with Crippen molar-refractivity contribution in [3.05, 3.63) is 0 Å². The molecule has 8 heteroatoms. The Morgan fingerprint density at radius 2 is 1.35 bits per heavy atom. The van der Waals surface area contributed by atoms with Gasteiger partial charge in [-0.25, -0.2) is 0 Å². The molecule has 0 amide bonds. The maximum Gasteiger partial charge on any atom is 0.434 e. The number of alkyl halides is 6. The quantitative estimate of drug-likeness (QED) is 0.575. The normalized spacial score (nSPS) is 13.3. The molecule has 0 aromatic carbocycles. The Hall–Kier alpha value is -0.950. The van der Waals surface area contributed by atoms with E-state index in [2.05, 4.69) is 4.74 Å². The van der Waals surface area contributed by atoms with Crippen molar-refractivity contribution in [2.24, 2.45) is 5.92 Å². The van der Waals surface area contributed by atoms with Gasteiger partial charge in [-0.2, -0.15) is 26.3 Å². The number of halogens is 6. The van der Waals surface area contributed by atoms with Crippen LogP contribution in [0.1, 0.15) is 26.7 Å². The van der Waals surface area contributed by atoms with E-state index in [-0.39, 0.29) is 12.8 Å². The molecule has 0 spiro atoms. The molecule has 0 fully saturated rings. The number of hydrogen-bond acceptors (Lipinski definition) is 2. The van der Waals surface area contributed by atoms with Crippen LogP contribution in [0.15, 0.2) is 0 Å². The second-order valence-electron chi connectivity index (χ2n) is 3.41. The van der Waals surface area contributed by atoms with Crippen LogP contribution in [0.5, 0.6) is 0 Å². The molecule has 0 aromatic rings. The average Bonchev–Trinajstić information content (AvgIpc) is 2.12. The van der Waals surface area contributed by atoms with Gasteiger partial charge in [0.05, 0.1) is 5.92 Å². The van der Waals surface area contributed by atoms with Crippen LogP contribution in [0.25, 0.3) is 0 Å². The number of esters is 1. The van der Waals surface area contributed by atoms with Gasteiger partial charge >= 0.3 is 18.3 Å². The minimum Gasteiger partial charge on any atom is -0.443 e. The number of rotatable bonds is 4. The SMILES string of the molecule is CCC(CC)C(=O)OC(C(F)(F)F)C(F)(F)F. The third kappa shape index (κ3) is 4.82. The van der Waals surface area contributed by atoms with Crippen molar-refractivity contribution >= 4 is 5.97 Å². The third-order valence-electron chi connectivity index (χ3n) is 2.15. The molecule has 0 bridgehead atoms. The first-order valence-corrected chi connectivity index (χ1v) is 4.87. The molecule has 0 aliphatic rings. The Morgan fingerprint density at radius 1 is 1.00 bits per heavy atom. The van der Waals surface area contributed by atoms with Crippen molar-refractivity contribution in [3.63, 3.8) is 0 Å². The lowest BCUT2D eigenvalue weighted by Crippen LogP contribution is -2.46. The zero-order chi connectivity index (χ0) is 13.9. The highest BCUT2D eigenvalue weighted by atomic mass is 19.4. The van der Waals surface area contributed by atoms with Crippen molar-refractivity contribution in [1.82, 2.24) is 0 Å². The molecule has 2 nitrogen and oxygen atoms in total. The Kier molecular flexibility index (Phi) is 5.28. The van der Waals surface area contributed by atoms with Gasteiger partial charge in [-0.15, -0.1) is 0 Å². The predicted octanol–water partition coefficient (Wildman–Crippen LogP) is 3.46. The fourth-order valence-electron chi connectivity index (χ4n) is 1.15. The number of carbonyl (C=O) groups is 1. The van der Waals surface area contributed by atoms with Crippen LogP contribution < -0.4 is 0 Å². The first-order valence-electron chi connectivity index (χ1n) is 4.87. The Morgan fingerprint density at radius 3 is 1.59 bits per heavy atom. The largest absolute Gasteiger partial charge is 0.443 e. The Bertz CT molecular complexity index is 239. The second kappa shape index (κ2) is 5.59. The van der Waals surface area contributed by atoms with Crippen LogP contribution in [0.4, 0.5) is 26.3 Å². The van der Waals surface area contributed by atoms with Crippen LogP contribution >= 0.6 is 0 Å². The number of ether oxygens (including phenoxy) is 1. The van der Waals surface area contributed by atoms with Gasteiger partial charge in [-0.1, -0.05) is 13.8 Å². The third-order valence-corrected chi connectivity index (χ3v) is 2.15. The molecule has 0 rings (SSSR count). The minimum absolute atomic E-state index is 0.123. The highest BCUT2D eigenvalue weighted by Crippen LogP contribution is 2.36. The highest BCUT2D eigenvalue weighted by molar-refractivity contribution is 5.72. The van der Waals surface area contributed by atoms with Crippen molar-refractivity contribution < 1.29 is 35.9 Å². The minimum atomic E-state index is -5.65. The summed E-state index contributed by atoms with van der Waals surface area (Å²) < 4.78 is 75.8. The fraction of sp³-hybridized carbons (Fsp3) is 0.889. The summed E-state index contributed by atoms with van der Waals surface area (Å²) in [5.41, 5.74) is 0. The van der Waals surface area contributed by atoms with Gasteiger partial charge in [-0.05, 0) is 12.8 Å². The first-order chi connectivity index (χ1) is 7.54. The van der Waals surface area contributed by atoms with Gasteiger partial charge in [0.15, 0.2) is 0 Å². The zero-order valence-electron chi connectivity index (χ0n) is 9.15. The van der Waals surface area contributed by atoms with Crippen LogP contribution in [0.3, 0.4) is 0 Å². The molecule has 0 heterocycles. The lowest BCUT2D eigenvalue weighted by molar-refractivity contribution is -0.314. The molecule has 0 N–H and O–H groups in total. The lowest BCUT2D eigenvalue weighted by Gasteiger charge is -2.24. The van der Waals surface area contributed by atoms with E-state index in [1.165, 1.54) is 13.8 Å². The molecule has 0 unspecified atom stereocenters. The second-order valence-corrected chi connectivity index (χ2v) is 3.41. The van der Waals surface area contributed by atoms with Crippen molar-refractivity contribution in [1.29, 1.82) is 0 Å². The summed E-state index contributed by atoms with van der Waals surface area (Å²) in [5, 5.41) is 0. The smallest absolute Gasteiger partial charge is 0.434 e. The summed E-state index contributed by atoms with van der Waals surface area (Å²) in [6, 6.07) is 0. The van der Waals surface area contributed by atoms with E-state index in [1.807, 2.05) is 0 Å². The van der Waals surface area contributed by atoms with E-state index >= 15 is 0 Å². The maximum atomic E-state index is 12.1. The van der Waals surface area contributed by atoms with Gasteiger partial charge in [0.2, 0.25) is 0 Å².